The third-order valence-electron chi connectivity index (χ3n) is 7.60. The van der Waals surface area contributed by atoms with Gasteiger partial charge in [0.25, 0.3) is 5.91 Å². The van der Waals surface area contributed by atoms with Crippen molar-refractivity contribution in [3.05, 3.63) is 99.2 Å². The normalized spacial score (nSPS) is 15.8. The van der Waals surface area contributed by atoms with Gasteiger partial charge in [-0.15, -0.1) is 0 Å². The molecule has 0 radical (unpaired) electrons. The summed E-state index contributed by atoms with van der Waals surface area (Å²) >= 11 is 12.4. The van der Waals surface area contributed by atoms with Crippen LogP contribution in [0.15, 0.2) is 66.7 Å². The van der Waals surface area contributed by atoms with Crippen LogP contribution in [-0.4, -0.2) is 30.6 Å². The van der Waals surface area contributed by atoms with E-state index in [1.807, 2.05) is 48.5 Å². The number of para-hydroxylation sites is 1. The number of carbonyl (C=O) groups excluding carboxylic acids is 2. The molecule has 1 N–H and O–H groups in total. The van der Waals surface area contributed by atoms with Gasteiger partial charge in [0.1, 0.15) is 5.75 Å². The van der Waals surface area contributed by atoms with E-state index in [1.54, 1.807) is 18.2 Å². The van der Waals surface area contributed by atoms with Gasteiger partial charge in [0.15, 0.2) is 6.61 Å². The molecule has 8 heteroatoms. The number of ether oxygens (including phenoxy) is 2. The number of halogens is 2. The van der Waals surface area contributed by atoms with Crippen LogP contribution in [0, 0.1) is 11.3 Å². The molecule has 1 aromatic heterocycles. The van der Waals surface area contributed by atoms with E-state index in [9.17, 15) is 9.59 Å². The van der Waals surface area contributed by atoms with Crippen molar-refractivity contribution in [2.24, 2.45) is 11.3 Å². The van der Waals surface area contributed by atoms with Crippen LogP contribution in [0.4, 0.5) is 5.69 Å². The average molecular weight is 604 g/mol. The molecule has 216 valence electrons. The average Bonchev–Trinajstić information content (AvgIpc) is 2.94. The number of aromatic nitrogens is 1. The van der Waals surface area contributed by atoms with Crippen molar-refractivity contribution >= 4 is 63.3 Å². The van der Waals surface area contributed by atoms with Crippen molar-refractivity contribution < 1.29 is 19.1 Å². The van der Waals surface area contributed by atoms with Crippen molar-refractivity contribution in [3.8, 4) is 5.75 Å². The van der Waals surface area contributed by atoms with Gasteiger partial charge in [-0.1, -0.05) is 74.3 Å². The number of allylic oxidation sites excluding steroid dienone is 1. The second-order valence-electron chi connectivity index (χ2n) is 11.5. The van der Waals surface area contributed by atoms with Crippen molar-refractivity contribution in [2.45, 2.75) is 33.6 Å². The highest BCUT2D eigenvalue weighted by molar-refractivity contribution is 6.31. The first-order valence-corrected chi connectivity index (χ1v) is 14.5. The molecule has 0 saturated carbocycles. The predicted octanol–water partition coefficient (Wildman–Crippen LogP) is 8.49. The molecular formula is C34H32Cl2N2O4. The minimum atomic E-state index is -0.574. The van der Waals surface area contributed by atoms with Crippen LogP contribution in [0.2, 0.25) is 10.0 Å². The van der Waals surface area contributed by atoms with E-state index >= 15 is 0 Å². The van der Waals surface area contributed by atoms with Crippen LogP contribution in [0.5, 0.6) is 5.75 Å². The number of rotatable bonds is 6. The van der Waals surface area contributed by atoms with Crippen LogP contribution in [-0.2, 0) is 16.0 Å². The van der Waals surface area contributed by atoms with E-state index in [0.29, 0.717) is 44.4 Å². The number of carbonyl (C=O) groups is 2. The summed E-state index contributed by atoms with van der Waals surface area (Å²) < 4.78 is 10.9. The molecule has 0 spiro atoms. The van der Waals surface area contributed by atoms with E-state index in [2.05, 4.69) is 32.2 Å². The number of nitrogens with one attached hydrogen (secondary N) is 1. The Balaban J connectivity index is 1.53. The second-order valence-corrected chi connectivity index (χ2v) is 12.4. The Morgan fingerprint density at radius 2 is 1.76 bits per heavy atom. The van der Waals surface area contributed by atoms with E-state index < -0.39 is 18.5 Å². The Morgan fingerprint density at radius 3 is 2.50 bits per heavy atom. The lowest BCUT2D eigenvalue weighted by atomic mass is 9.69. The van der Waals surface area contributed by atoms with Crippen LogP contribution < -0.4 is 10.1 Å². The summed E-state index contributed by atoms with van der Waals surface area (Å²) in [7, 11) is 1.50. The number of amides is 1. The molecule has 1 atom stereocenters. The highest BCUT2D eigenvalue weighted by atomic mass is 35.5. The molecular weight excluding hydrogens is 571 g/mol. The number of methoxy groups -OCH3 is 1. The maximum atomic E-state index is 13.8. The molecule has 0 bridgehead atoms. The van der Waals surface area contributed by atoms with Crippen molar-refractivity contribution in [2.75, 3.05) is 19.0 Å². The molecule has 1 aliphatic rings. The minimum absolute atomic E-state index is 0.0339. The van der Waals surface area contributed by atoms with Crippen LogP contribution in [0.1, 0.15) is 54.4 Å². The lowest BCUT2D eigenvalue weighted by Crippen LogP contribution is -2.29. The molecule has 5 rings (SSSR count). The van der Waals surface area contributed by atoms with Crippen LogP contribution in [0.3, 0.4) is 0 Å². The summed E-state index contributed by atoms with van der Waals surface area (Å²) in [6.07, 6.45) is 3.55. The van der Waals surface area contributed by atoms with E-state index in [1.165, 1.54) is 7.11 Å². The highest BCUT2D eigenvalue weighted by Gasteiger charge is 2.35. The number of benzene rings is 3. The van der Waals surface area contributed by atoms with Crippen molar-refractivity contribution in [1.82, 2.24) is 4.98 Å². The van der Waals surface area contributed by atoms with E-state index in [4.69, 9.17) is 37.7 Å². The molecule has 1 amide bonds. The first-order valence-electron chi connectivity index (χ1n) is 13.7. The summed E-state index contributed by atoms with van der Waals surface area (Å²) in [5.41, 5.74) is 5.07. The summed E-state index contributed by atoms with van der Waals surface area (Å²) in [5.74, 6) is -0.399. The molecule has 0 saturated heterocycles. The van der Waals surface area contributed by atoms with E-state index in [0.717, 1.165) is 28.8 Å². The molecule has 1 unspecified atom stereocenters. The number of nitrogens with zero attached hydrogens (tertiary/aromatic N) is 1. The Kier molecular flexibility index (Phi) is 8.58. The van der Waals surface area contributed by atoms with Gasteiger partial charge in [0, 0.05) is 15.4 Å². The first-order chi connectivity index (χ1) is 20.0. The quantitative estimate of drug-likeness (QED) is 0.224. The maximum absolute atomic E-state index is 13.8. The fourth-order valence-corrected chi connectivity index (χ4v) is 5.71. The fraction of sp³-hybridized carbons (Fsp3) is 0.265. The van der Waals surface area contributed by atoms with Gasteiger partial charge in [0.05, 0.1) is 29.6 Å². The van der Waals surface area contributed by atoms with Gasteiger partial charge in [-0.3, -0.25) is 4.79 Å². The largest absolute Gasteiger partial charge is 0.495 e. The number of anilines is 1. The lowest BCUT2D eigenvalue weighted by Gasteiger charge is -2.36. The number of hydrogen-bond donors (Lipinski definition) is 1. The standard InChI is InChI=1S/C34H32Cl2N2O4/c1-34(2,3)22-16-21(14-20-8-7-9-23(35)15-20)32-26(17-22)31(25-10-5-6-11-27(25)38-32)33(40)42-19-30(39)37-28-18-24(36)12-13-29(28)41-4/h5-15,18,22H,16-17,19H2,1-4H3,(H,37,39)/b21-14+. The minimum Gasteiger partial charge on any atom is -0.495 e. The third-order valence-corrected chi connectivity index (χ3v) is 8.07. The van der Waals surface area contributed by atoms with Crippen LogP contribution >= 0.6 is 23.2 Å². The van der Waals surface area contributed by atoms with Gasteiger partial charge >= 0.3 is 5.97 Å². The lowest BCUT2D eigenvalue weighted by molar-refractivity contribution is -0.119. The SMILES string of the molecule is COc1ccc(Cl)cc1NC(=O)COC(=O)c1c2c(nc3ccccc13)/C(=C/c1cccc(Cl)c1)CC(C(C)(C)C)C2. The Hall–Kier alpha value is -3.87. The van der Waals surface area contributed by atoms with Gasteiger partial charge in [-0.2, -0.15) is 0 Å². The number of hydrogen-bond acceptors (Lipinski definition) is 5. The second kappa shape index (κ2) is 12.2. The molecule has 1 aliphatic carbocycles. The van der Waals surface area contributed by atoms with E-state index in [-0.39, 0.29) is 11.3 Å². The Labute approximate surface area is 255 Å². The Bertz CT molecular complexity index is 1710. The molecule has 1 heterocycles. The zero-order valence-electron chi connectivity index (χ0n) is 24.0. The zero-order valence-corrected chi connectivity index (χ0v) is 25.5. The molecule has 0 fully saturated rings. The summed E-state index contributed by atoms with van der Waals surface area (Å²) in [6, 6.07) is 20.1. The topological polar surface area (TPSA) is 77.5 Å². The predicted molar refractivity (Wildman–Crippen MR) is 169 cm³/mol. The molecule has 3 aromatic carbocycles. The monoisotopic (exact) mass is 602 g/mol. The summed E-state index contributed by atoms with van der Waals surface area (Å²) in [5, 5.41) is 4.49. The maximum Gasteiger partial charge on any atom is 0.339 e. The molecule has 4 aromatic rings. The smallest absolute Gasteiger partial charge is 0.339 e. The van der Waals surface area contributed by atoms with Crippen molar-refractivity contribution in [1.29, 1.82) is 0 Å². The molecule has 0 aliphatic heterocycles. The Morgan fingerprint density at radius 1 is 1.00 bits per heavy atom. The number of fused-ring (bicyclic) bond motifs is 2. The van der Waals surface area contributed by atoms with Gasteiger partial charge in [-0.05, 0) is 83.3 Å². The summed E-state index contributed by atoms with van der Waals surface area (Å²) in [4.78, 5) is 31.7. The van der Waals surface area contributed by atoms with Gasteiger partial charge in [0.2, 0.25) is 0 Å². The number of pyridine rings is 1. The van der Waals surface area contributed by atoms with Gasteiger partial charge < -0.3 is 14.8 Å². The third kappa shape index (κ3) is 6.45. The highest BCUT2D eigenvalue weighted by Crippen LogP contribution is 2.45. The van der Waals surface area contributed by atoms with Gasteiger partial charge in [-0.25, -0.2) is 9.78 Å². The first kappa shape index (κ1) is 29.6. The van der Waals surface area contributed by atoms with Crippen LogP contribution in [0.25, 0.3) is 22.6 Å². The van der Waals surface area contributed by atoms with Crippen molar-refractivity contribution in [3.63, 3.8) is 0 Å². The molecule has 6 nitrogen and oxygen atoms in total. The molecule has 42 heavy (non-hydrogen) atoms. The summed E-state index contributed by atoms with van der Waals surface area (Å²) in [6.45, 7) is 6.15. The number of esters is 1. The zero-order chi connectivity index (χ0) is 30.0. The fourth-order valence-electron chi connectivity index (χ4n) is 5.33.